The van der Waals surface area contributed by atoms with Crippen molar-refractivity contribution in [3.05, 3.63) is 0 Å². The minimum atomic E-state index is 0.559. The van der Waals surface area contributed by atoms with Crippen molar-refractivity contribution in [2.45, 2.75) is 225 Å². The first-order valence-corrected chi connectivity index (χ1v) is 20.4. The molecule has 0 saturated carbocycles. The Morgan fingerprint density at radius 2 is 0.579 bits per heavy atom. The maximum absolute atomic E-state index is 2.37. The highest BCUT2D eigenvalue weighted by Gasteiger charge is 2.29. The van der Waals surface area contributed by atoms with Crippen molar-refractivity contribution in [3.8, 4) is 0 Å². The fourth-order valence-corrected chi connectivity index (χ4v) is 9.26. The van der Waals surface area contributed by atoms with Crippen molar-refractivity contribution in [1.29, 1.82) is 0 Å². The summed E-state index contributed by atoms with van der Waals surface area (Å²) in [6.45, 7) is 9.34. The number of hydrogen-bond acceptors (Lipinski definition) is 2. The van der Waals surface area contributed by atoms with Crippen LogP contribution in [0, 0.1) is 0 Å². The smallest absolute Gasteiger partial charge is 0.0263 e. The fraction of sp³-hybridized carbons (Fsp3) is 1.00. The second kappa shape index (κ2) is 32.2. The molecule has 0 nitrogen and oxygen atoms in total. The molecule has 0 aliphatic carbocycles. The Bertz CT molecular complexity index is 406. The second-order valence-corrected chi connectivity index (χ2v) is 15.4. The van der Waals surface area contributed by atoms with E-state index in [1.54, 1.807) is 0 Å². The van der Waals surface area contributed by atoms with Gasteiger partial charge >= 0.3 is 0 Å². The highest BCUT2D eigenvalue weighted by atomic mass is 33.1. The molecule has 38 heavy (non-hydrogen) atoms. The van der Waals surface area contributed by atoms with Gasteiger partial charge in [-0.3, -0.25) is 0 Å². The molecule has 0 amide bonds. The van der Waals surface area contributed by atoms with Crippen molar-refractivity contribution in [3.63, 3.8) is 0 Å². The van der Waals surface area contributed by atoms with E-state index in [1.165, 1.54) is 198 Å². The minimum absolute atomic E-state index is 0.559. The van der Waals surface area contributed by atoms with Crippen LogP contribution < -0.4 is 0 Å². The zero-order valence-electron chi connectivity index (χ0n) is 27.2. The highest BCUT2D eigenvalue weighted by Crippen LogP contribution is 2.47. The summed E-state index contributed by atoms with van der Waals surface area (Å²) < 4.78 is 0.559. The van der Waals surface area contributed by atoms with Crippen molar-refractivity contribution in [2.75, 3.05) is 5.75 Å². The Morgan fingerprint density at radius 3 is 0.895 bits per heavy atom. The summed E-state index contributed by atoms with van der Waals surface area (Å²) in [5.41, 5.74) is 0. The summed E-state index contributed by atoms with van der Waals surface area (Å²) in [5, 5.41) is 0. The van der Waals surface area contributed by atoms with E-state index in [1.807, 2.05) is 0 Å². The molecule has 0 rings (SSSR count). The third-order valence-corrected chi connectivity index (χ3v) is 12.0. The zero-order chi connectivity index (χ0) is 27.8. The van der Waals surface area contributed by atoms with Gasteiger partial charge in [0.05, 0.1) is 0 Å². The minimum Gasteiger partial charge on any atom is -0.0936 e. The monoisotopic (exact) mass is 571 g/mol. The Labute approximate surface area is 251 Å². The van der Waals surface area contributed by atoms with E-state index >= 15 is 0 Å². The van der Waals surface area contributed by atoms with Gasteiger partial charge in [-0.2, -0.15) is 0 Å². The van der Waals surface area contributed by atoms with Crippen LogP contribution in [0.4, 0.5) is 0 Å². The predicted octanol–water partition coefficient (Wildman–Crippen LogP) is 14.9. The fourth-order valence-electron chi connectivity index (χ4n) is 5.82. The van der Waals surface area contributed by atoms with Crippen molar-refractivity contribution >= 4 is 21.6 Å². The Balaban J connectivity index is 4.71. The quantitative estimate of drug-likeness (QED) is 0.0568. The maximum Gasteiger partial charge on any atom is 0.0263 e. The molecule has 0 bridgehead atoms. The van der Waals surface area contributed by atoms with Gasteiger partial charge in [-0.15, -0.1) is 0 Å². The van der Waals surface area contributed by atoms with Crippen LogP contribution in [0.2, 0.25) is 0 Å². The summed E-state index contributed by atoms with van der Waals surface area (Å²) in [6.07, 6.45) is 43.5. The molecule has 0 aliphatic rings. The van der Waals surface area contributed by atoms with Crippen LogP contribution in [0.15, 0.2) is 0 Å². The lowest BCUT2D eigenvalue weighted by molar-refractivity contribution is 0.405. The van der Waals surface area contributed by atoms with Crippen LogP contribution in [-0.2, 0) is 0 Å². The average molecular weight is 571 g/mol. The molecule has 0 aromatic rings. The Morgan fingerprint density at radius 1 is 0.316 bits per heavy atom. The lowest BCUT2D eigenvalue weighted by atomic mass is 9.88. The number of hydrogen-bond donors (Lipinski definition) is 0. The summed E-state index contributed by atoms with van der Waals surface area (Å²) in [4.78, 5) is 0. The van der Waals surface area contributed by atoms with Crippen LogP contribution in [0.1, 0.15) is 220 Å². The molecule has 0 atom stereocenters. The van der Waals surface area contributed by atoms with Gasteiger partial charge in [0, 0.05) is 10.5 Å². The van der Waals surface area contributed by atoms with Gasteiger partial charge in [0.25, 0.3) is 0 Å². The van der Waals surface area contributed by atoms with Gasteiger partial charge < -0.3 is 0 Å². The highest BCUT2D eigenvalue weighted by molar-refractivity contribution is 8.77. The zero-order valence-corrected chi connectivity index (χ0v) is 28.9. The SMILES string of the molecule is CCCCCCCCCCSSC(CCCCCCCC)(CCCCCCCC)CCCCCCCCC. The Hall–Kier alpha value is 0.700. The molecular weight excluding hydrogens is 497 g/mol. The third kappa shape index (κ3) is 26.9. The van der Waals surface area contributed by atoms with E-state index in [0.717, 1.165) is 0 Å². The summed E-state index contributed by atoms with van der Waals surface area (Å²) in [7, 11) is 4.64. The molecule has 0 aromatic heterocycles. The second-order valence-electron chi connectivity index (χ2n) is 12.5. The standard InChI is InChI=1S/C36H74S2/c1-5-9-13-17-21-23-27-31-35-37-38-36(32-28-24-19-15-11-7-3,33-29-25-20-16-12-8-4)34-30-26-22-18-14-10-6-2/h5-35H2,1-4H3. The van der Waals surface area contributed by atoms with Crippen LogP contribution in [0.25, 0.3) is 0 Å². The summed E-state index contributed by atoms with van der Waals surface area (Å²) in [5.74, 6) is 1.38. The molecule has 230 valence electrons. The third-order valence-electron chi connectivity index (χ3n) is 8.52. The molecule has 0 radical (unpaired) electrons. The largest absolute Gasteiger partial charge is 0.0936 e. The normalized spacial score (nSPS) is 12.0. The van der Waals surface area contributed by atoms with Crippen LogP contribution >= 0.6 is 21.6 Å². The number of unbranched alkanes of at least 4 members (excludes halogenated alkanes) is 23. The topological polar surface area (TPSA) is 0 Å². The molecule has 0 aliphatic heterocycles. The van der Waals surface area contributed by atoms with Crippen molar-refractivity contribution in [1.82, 2.24) is 0 Å². The van der Waals surface area contributed by atoms with E-state index in [9.17, 15) is 0 Å². The molecule has 0 heterocycles. The molecular formula is C36H74S2. The molecule has 0 aromatic carbocycles. The van der Waals surface area contributed by atoms with E-state index in [0.29, 0.717) is 4.75 Å². The summed E-state index contributed by atoms with van der Waals surface area (Å²) >= 11 is 0. The summed E-state index contributed by atoms with van der Waals surface area (Å²) in [6, 6.07) is 0. The predicted molar refractivity (Wildman–Crippen MR) is 184 cm³/mol. The average Bonchev–Trinajstić information content (AvgIpc) is 2.93. The molecule has 0 unspecified atom stereocenters. The van der Waals surface area contributed by atoms with Gasteiger partial charge in [0.1, 0.15) is 0 Å². The van der Waals surface area contributed by atoms with Gasteiger partial charge in [-0.25, -0.2) is 0 Å². The molecule has 2 heteroatoms. The van der Waals surface area contributed by atoms with Gasteiger partial charge in [0.15, 0.2) is 0 Å². The van der Waals surface area contributed by atoms with Crippen molar-refractivity contribution in [2.24, 2.45) is 0 Å². The van der Waals surface area contributed by atoms with E-state index < -0.39 is 0 Å². The lowest BCUT2D eigenvalue weighted by Crippen LogP contribution is -2.24. The lowest BCUT2D eigenvalue weighted by Gasteiger charge is -2.33. The van der Waals surface area contributed by atoms with Crippen LogP contribution in [0.3, 0.4) is 0 Å². The van der Waals surface area contributed by atoms with Gasteiger partial charge in [0.2, 0.25) is 0 Å². The van der Waals surface area contributed by atoms with E-state index in [4.69, 9.17) is 0 Å². The molecule has 0 saturated heterocycles. The van der Waals surface area contributed by atoms with Crippen LogP contribution in [-0.4, -0.2) is 10.5 Å². The Kier molecular flexibility index (Phi) is 32.8. The maximum atomic E-state index is 2.37. The molecule has 0 fully saturated rings. The first kappa shape index (κ1) is 38.7. The first-order chi connectivity index (χ1) is 18.7. The number of rotatable bonds is 33. The van der Waals surface area contributed by atoms with Gasteiger partial charge in [-0.1, -0.05) is 216 Å². The van der Waals surface area contributed by atoms with Gasteiger partial charge in [-0.05, 0) is 25.7 Å². The molecule has 0 N–H and O–H groups in total. The van der Waals surface area contributed by atoms with Crippen molar-refractivity contribution < 1.29 is 0 Å². The molecule has 0 spiro atoms. The van der Waals surface area contributed by atoms with E-state index in [-0.39, 0.29) is 0 Å². The van der Waals surface area contributed by atoms with Crippen LogP contribution in [0.5, 0.6) is 0 Å². The van der Waals surface area contributed by atoms with E-state index in [2.05, 4.69) is 49.3 Å². The first-order valence-electron chi connectivity index (χ1n) is 18.0.